The van der Waals surface area contributed by atoms with E-state index in [2.05, 4.69) is 0 Å². The van der Waals surface area contributed by atoms with Crippen molar-refractivity contribution in [3.05, 3.63) is 35.4 Å². The van der Waals surface area contributed by atoms with Gasteiger partial charge < -0.3 is 0 Å². The molecule has 0 aliphatic heterocycles. The van der Waals surface area contributed by atoms with Crippen molar-refractivity contribution in [1.82, 2.24) is 0 Å². The largest absolute Gasteiger partial charge is 0.458 e. The maximum absolute atomic E-state index is 12.9. The fourth-order valence-electron chi connectivity index (χ4n) is 1.16. The van der Waals surface area contributed by atoms with Gasteiger partial charge in [-0.2, -0.15) is 22.0 Å². The summed E-state index contributed by atoms with van der Waals surface area (Å²) in [6.45, 7) is 0. The first-order valence-electron chi connectivity index (χ1n) is 4.45. The summed E-state index contributed by atoms with van der Waals surface area (Å²) in [6, 6.07) is 1.95. The average Bonchev–Trinajstić information content (AvgIpc) is 2.26. The molecule has 0 N–H and O–H groups in total. The van der Waals surface area contributed by atoms with Gasteiger partial charge in [0.2, 0.25) is 5.78 Å². The molecule has 0 aliphatic carbocycles. The summed E-state index contributed by atoms with van der Waals surface area (Å²) in [5, 5.41) is 0. The van der Waals surface area contributed by atoms with Crippen molar-refractivity contribution < 1.29 is 35.5 Å². The zero-order valence-corrected chi connectivity index (χ0v) is 8.44. The highest BCUT2D eigenvalue weighted by atomic mass is 19.4. The highest BCUT2D eigenvalue weighted by Crippen LogP contribution is 2.43. The van der Waals surface area contributed by atoms with Crippen LogP contribution >= 0.6 is 0 Å². The van der Waals surface area contributed by atoms with E-state index in [1.54, 1.807) is 0 Å². The maximum atomic E-state index is 12.9. The van der Waals surface area contributed by atoms with Crippen molar-refractivity contribution in [2.24, 2.45) is 0 Å². The molecular formula is C10H5F7O. The van der Waals surface area contributed by atoms with Crippen molar-refractivity contribution in [2.75, 3.05) is 0 Å². The molecule has 0 aliphatic rings. The second-order valence-electron chi connectivity index (χ2n) is 3.32. The Morgan fingerprint density at radius 3 is 2.06 bits per heavy atom. The second kappa shape index (κ2) is 4.58. The van der Waals surface area contributed by atoms with Crippen LogP contribution in [0.1, 0.15) is 15.9 Å². The third-order valence-electron chi connectivity index (χ3n) is 2.06. The first-order valence-corrected chi connectivity index (χ1v) is 4.45. The molecule has 100 valence electrons. The van der Waals surface area contributed by atoms with Gasteiger partial charge >= 0.3 is 18.5 Å². The van der Waals surface area contributed by atoms with Crippen LogP contribution in [0.5, 0.6) is 0 Å². The van der Waals surface area contributed by atoms with Crippen LogP contribution in [0.3, 0.4) is 0 Å². The Morgan fingerprint density at radius 2 is 1.61 bits per heavy atom. The molecule has 18 heavy (non-hydrogen) atoms. The molecule has 0 unspecified atom stereocenters. The van der Waals surface area contributed by atoms with E-state index < -0.39 is 35.4 Å². The fourth-order valence-corrected chi connectivity index (χ4v) is 1.16. The Hall–Kier alpha value is -1.60. The smallest absolute Gasteiger partial charge is 0.288 e. The number of hydrogen-bond acceptors (Lipinski definition) is 1. The van der Waals surface area contributed by atoms with Crippen molar-refractivity contribution >= 4 is 5.78 Å². The minimum absolute atomic E-state index is 0.113. The van der Waals surface area contributed by atoms with Crippen LogP contribution in [-0.4, -0.2) is 18.4 Å². The molecule has 0 fully saturated rings. The van der Waals surface area contributed by atoms with Crippen LogP contribution in [0.2, 0.25) is 0 Å². The lowest BCUT2D eigenvalue weighted by Crippen LogP contribution is -2.33. The predicted octanol–water partition coefficient (Wildman–Crippen LogP) is 3.79. The molecule has 1 aromatic carbocycles. The quantitative estimate of drug-likeness (QED) is 0.605. The fraction of sp³-hybridized carbons (Fsp3) is 0.300. The topological polar surface area (TPSA) is 17.1 Å². The van der Waals surface area contributed by atoms with E-state index in [9.17, 15) is 35.5 Å². The monoisotopic (exact) mass is 274 g/mol. The third-order valence-corrected chi connectivity index (χ3v) is 2.06. The molecule has 0 heterocycles. The number of halogens is 7. The molecule has 0 saturated heterocycles. The summed E-state index contributed by atoms with van der Waals surface area (Å²) in [4.78, 5) is 10.8. The molecule has 0 radical (unpaired) electrons. The molecule has 0 amide bonds. The van der Waals surface area contributed by atoms with Gasteiger partial charge in [0.15, 0.2) is 0 Å². The Balaban J connectivity index is 3.22. The van der Waals surface area contributed by atoms with Gasteiger partial charge in [0.05, 0.1) is 0 Å². The van der Waals surface area contributed by atoms with Gasteiger partial charge in [0, 0.05) is 11.1 Å². The average molecular weight is 274 g/mol. The van der Waals surface area contributed by atoms with Crippen molar-refractivity contribution in [3.8, 4) is 0 Å². The van der Waals surface area contributed by atoms with E-state index in [1.807, 2.05) is 0 Å². The predicted molar refractivity (Wildman–Crippen MR) is 46.7 cm³/mol. The van der Waals surface area contributed by atoms with Gasteiger partial charge in [-0.05, 0) is 6.07 Å². The summed E-state index contributed by atoms with van der Waals surface area (Å²) in [6.07, 6.45) is -9.33. The van der Waals surface area contributed by atoms with Crippen molar-refractivity contribution in [2.45, 2.75) is 18.5 Å². The number of carbonyl (C=O) groups is 1. The number of Topliss-reactive ketones (excluding diaryl/α,β-unsaturated/α-hetero) is 1. The van der Waals surface area contributed by atoms with Crippen LogP contribution in [0.15, 0.2) is 24.3 Å². The van der Waals surface area contributed by atoms with Gasteiger partial charge in [-0.3, -0.25) is 4.79 Å². The second-order valence-corrected chi connectivity index (χ2v) is 3.32. The van der Waals surface area contributed by atoms with Crippen LogP contribution in [0.25, 0.3) is 0 Å². The maximum Gasteiger partial charge on any atom is 0.458 e. The summed E-state index contributed by atoms with van der Waals surface area (Å²) >= 11 is 0. The molecule has 0 atom stereocenters. The summed E-state index contributed by atoms with van der Waals surface area (Å²) in [5.41, 5.74) is -2.45. The van der Waals surface area contributed by atoms with Gasteiger partial charge in [-0.25, -0.2) is 8.78 Å². The van der Waals surface area contributed by atoms with E-state index in [0.29, 0.717) is 12.1 Å². The molecule has 0 bridgehead atoms. The molecule has 0 aromatic heterocycles. The number of carbonyl (C=O) groups excluding carboxylic acids is 1. The number of ketones is 1. The highest BCUT2D eigenvalue weighted by Gasteiger charge is 2.58. The van der Waals surface area contributed by atoms with E-state index in [-0.39, 0.29) is 6.07 Å². The number of benzene rings is 1. The summed E-state index contributed by atoms with van der Waals surface area (Å²) < 4.78 is 85.9. The molecule has 1 aromatic rings. The molecule has 1 rings (SSSR count). The third kappa shape index (κ3) is 2.62. The Kier molecular flexibility index (Phi) is 3.68. The first-order chi connectivity index (χ1) is 8.07. The minimum Gasteiger partial charge on any atom is -0.288 e. The number of rotatable bonds is 3. The van der Waals surface area contributed by atoms with Crippen LogP contribution in [0.4, 0.5) is 30.7 Å². The van der Waals surface area contributed by atoms with Crippen LogP contribution in [-0.2, 0) is 5.92 Å². The molecule has 0 spiro atoms. The lowest BCUT2D eigenvalue weighted by atomic mass is 10.0. The standard InChI is InChI=1S/C10H5F7O/c11-8(12)7(18)5-2-1-3-6(4-5)9(13,14)10(15,16)17/h1-4,8H. The number of hydrogen-bond donors (Lipinski definition) is 0. The molecule has 8 heteroatoms. The van der Waals surface area contributed by atoms with Gasteiger partial charge in [-0.15, -0.1) is 0 Å². The molecule has 1 nitrogen and oxygen atoms in total. The lowest BCUT2D eigenvalue weighted by molar-refractivity contribution is -0.289. The van der Waals surface area contributed by atoms with Gasteiger partial charge in [0.25, 0.3) is 0 Å². The zero-order valence-electron chi connectivity index (χ0n) is 8.44. The van der Waals surface area contributed by atoms with E-state index in [4.69, 9.17) is 0 Å². The lowest BCUT2D eigenvalue weighted by Gasteiger charge is -2.20. The Bertz CT molecular complexity index is 450. The SMILES string of the molecule is O=C(c1cccc(C(F)(F)C(F)(F)F)c1)C(F)F. The van der Waals surface area contributed by atoms with Crippen molar-refractivity contribution in [1.29, 1.82) is 0 Å². The normalized spacial score (nSPS) is 12.9. The van der Waals surface area contributed by atoms with Crippen molar-refractivity contribution in [3.63, 3.8) is 0 Å². The van der Waals surface area contributed by atoms with Crippen LogP contribution < -0.4 is 0 Å². The number of alkyl halides is 7. The Morgan fingerprint density at radius 1 is 1.06 bits per heavy atom. The molecular weight excluding hydrogens is 269 g/mol. The Labute approximate surface area is 96.2 Å². The van der Waals surface area contributed by atoms with E-state index in [1.165, 1.54) is 0 Å². The zero-order chi connectivity index (χ0) is 14.1. The van der Waals surface area contributed by atoms with E-state index >= 15 is 0 Å². The van der Waals surface area contributed by atoms with E-state index in [0.717, 1.165) is 6.07 Å². The van der Waals surface area contributed by atoms with Gasteiger partial charge in [-0.1, -0.05) is 18.2 Å². The summed E-state index contributed by atoms with van der Waals surface area (Å²) in [7, 11) is 0. The highest BCUT2D eigenvalue weighted by molar-refractivity contribution is 5.98. The first kappa shape index (κ1) is 14.5. The van der Waals surface area contributed by atoms with Gasteiger partial charge in [0.1, 0.15) is 0 Å². The molecule has 0 saturated carbocycles. The summed E-state index contributed by atoms with van der Waals surface area (Å²) in [5.74, 6) is -7.01. The minimum atomic E-state index is -5.86. The van der Waals surface area contributed by atoms with Crippen LogP contribution in [0, 0.1) is 0 Å².